The fourth-order valence-electron chi connectivity index (χ4n) is 3.33. The van der Waals surface area contributed by atoms with Gasteiger partial charge in [0.25, 0.3) is 0 Å². The molecule has 0 aliphatic heterocycles. The van der Waals surface area contributed by atoms with E-state index in [1.165, 1.54) is 0 Å². The number of carbonyl (C=O) groups excluding carboxylic acids is 1. The van der Waals surface area contributed by atoms with E-state index in [2.05, 4.69) is 26.8 Å². The van der Waals surface area contributed by atoms with Gasteiger partial charge in [-0.3, -0.25) is 4.79 Å². The van der Waals surface area contributed by atoms with Crippen molar-refractivity contribution in [2.75, 3.05) is 19.4 Å². The predicted molar refractivity (Wildman–Crippen MR) is 106 cm³/mol. The quantitative estimate of drug-likeness (QED) is 0.695. The lowest BCUT2D eigenvalue weighted by Crippen LogP contribution is -2.34. The van der Waals surface area contributed by atoms with Crippen LogP contribution in [0, 0.1) is 0 Å². The van der Waals surface area contributed by atoms with Gasteiger partial charge >= 0.3 is 0 Å². The Balaban J connectivity index is 1.87. The third-order valence-electron chi connectivity index (χ3n) is 4.69. The number of nitrogens with zero attached hydrogens (tertiary/aromatic N) is 5. The third-order valence-corrected chi connectivity index (χ3v) is 4.69. The Bertz CT molecular complexity index is 918. The number of benzene rings is 1. The summed E-state index contributed by atoms with van der Waals surface area (Å²) >= 11 is 0. The van der Waals surface area contributed by atoms with Gasteiger partial charge in [-0.1, -0.05) is 26.0 Å². The molecule has 0 bridgehead atoms. The molecule has 0 fully saturated rings. The molecule has 0 saturated carbocycles. The van der Waals surface area contributed by atoms with Crippen molar-refractivity contribution in [1.82, 2.24) is 24.4 Å². The Morgan fingerprint density at radius 1 is 1.22 bits per heavy atom. The van der Waals surface area contributed by atoms with Gasteiger partial charge in [0, 0.05) is 45.0 Å². The number of fused-ring (bicyclic) bond motifs is 1. The van der Waals surface area contributed by atoms with Crippen molar-refractivity contribution in [2.45, 2.75) is 39.3 Å². The number of para-hydroxylation sites is 2. The number of carbonyl (C=O) groups is 1. The summed E-state index contributed by atoms with van der Waals surface area (Å²) in [7, 11) is 3.60. The highest BCUT2D eigenvalue weighted by molar-refractivity contribution is 5.84. The zero-order chi connectivity index (χ0) is 19.4. The lowest BCUT2D eigenvalue weighted by Gasteiger charge is -2.25. The molecule has 0 spiro atoms. The molecule has 1 N–H and O–H groups in total. The summed E-state index contributed by atoms with van der Waals surface area (Å²) in [5, 5.41) is 2.89. The lowest BCUT2D eigenvalue weighted by molar-refractivity contribution is -0.134. The van der Waals surface area contributed by atoms with Gasteiger partial charge in [-0.2, -0.15) is 0 Å². The second-order valence-corrected chi connectivity index (χ2v) is 6.52. The maximum Gasteiger partial charge on any atom is 0.245 e. The summed E-state index contributed by atoms with van der Waals surface area (Å²) in [5.41, 5.74) is 2.83. The van der Waals surface area contributed by atoms with Crippen LogP contribution in [0.2, 0.25) is 0 Å². The molecule has 3 rings (SSSR count). The molecule has 0 radical (unpaired) electrons. The Kier molecular flexibility index (Phi) is 5.69. The van der Waals surface area contributed by atoms with E-state index < -0.39 is 0 Å². The maximum atomic E-state index is 13.2. The zero-order valence-electron chi connectivity index (χ0n) is 16.3. The molecule has 3 aromatic rings. The van der Waals surface area contributed by atoms with Crippen LogP contribution in [0.4, 0.5) is 5.95 Å². The summed E-state index contributed by atoms with van der Waals surface area (Å²) in [6.07, 6.45) is 4.97. The number of nitrogens with one attached hydrogen (secondary N) is 1. The van der Waals surface area contributed by atoms with Crippen molar-refractivity contribution in [3.05, 3.63) is 48.0 Å². The second kappa shape index (κ2) is 8.16. The van der Waals surface area contributed by atoms with Gasteiger partial charge in [-0.05, 0) is 18.6 Å². The molecule has 1 atom stereocenters. The van der Waals surface area contributed by atoms with E-state index in [0.717, 1.165) is 28.8 Å². The van der Waals surface area contributed by atoms with Gasteiger partial charge in [-0.25, -0.2) is 15.0 Å². The highest BCUT2D eigenvalue weighted by Crippen LogP contribution is 2.25. The highest BCUT2D eigenvalue weighted by atomic mass is 16.2. The van der Waals surface area contributed by atoms with Crippen LogP contribution in [0.25, 0.3) is 11.0 Å². The van der Waals surface area contributed by atoms with Gasteiger partial charge in [0.05, 0.1) is 11.0 Å². The van der Waals surface area contributed by atoms with E-state index in [9.17, 15) is 4.79 Å². The fourth-order valence-corrected chi connectivity index (χ4v) is 3.33. The number of amides is 1. The summed E-state index contributed by atoms with van der Waals surface area (Å²) < 4.78 is 2.09. The fraction of sp³-hybridized carbons (Fsp3) is 0.400. The van der Waals surface area contributed by atoms with Crippen molar-refractivity contribution in [3.8, 4) is 0 Å². The van der Waals surface area contributed by atoms with E-state index in [4.69, 9.17) is 4.98 Å². The van der Waals surface area contributed by atoms with Crippen LogP contribution >= 0.6 is 0 Å². The third kappa shape index (κ3) is 3.77. The first-order valence-electron chi connectivity index (χ1n) is 9.28. The SMILES string of the molecule is CCc1nc2ccccc2n1[C@@H](CC)C(=O)N(C)Cc1cnc(NC)nc1. The number of rotatable bonds is 7. The Morgan fingerprint density at radius 2 is 1.93 bits per heavy atom. The monoisotopic (exact) mass is 366 g/mol. The van der Waals surface area contributed by atoms with E-state index in [-0.39, 0.29) is 11.9 Å². The van der Waals surface area contributed by atoms with Gasteiger partial charge in [-0.15, -0.1) is 0 Å². The van der Waals surface area contributed by atoms with Crippen LogP contribution in [0.3, 0.4) is 0 Å². The van der Waals surface area contributed by atoms with E-state index >= 15 is 0 Å². The largest absolute Gasteiger partial charge is 0.357 e. The molecule has 7 heteroatoms. The number of hydrogen-bond acceptors (Lipinski definition) is 5. The first-order valence-corrected chi connectivity index (χ1v) is 9.28. The molecule has 142 valence electrons. The molecule has 0 aliphatic carbocycles. The summed E-state index contributed by atoms with van der Waals surface area (Å²) in [5.74, 6) is 1.57. The summed E-state index contributed by atoms with van der Waals surface area (Å²) in [6, 6.07) is 7.70. The molecule has 0 saturated heterocycles. The van der Waals surface area contributed by atoms with Crippen molar-refractivity contribution in [2.24, 2.45) is 0 Å². The van der Waals surface area contributed by atoms with Gasteiger partial charge in [0.2, 0.25) is 11.9 Å². The average molecular weight is 366 g/mol. The van der Waals surface area contributed by atoms with Crippen molar-refractivity contribution in [3.63, 3.8) is 0 Å². The molecule has 2 heterocycles. The van der Waals surface area contributed by atoms with Crippen LogP contribution in [0.5, 0.6) is 0 Å². The molecule has 0 aliphatic rings. The molecule has 7 nitrogen and oxygen atoms in total. The molecular weight excluding hydrogens is 340 g/mol. The Labute approximate surface area is 159 Å². The summed E-state index contributed by atoms with van der Waals surface area (Å²) in [6.45, 7) is 4.57. The highest BCUT2D eigenvalue weighted by Gasteiger charge is 2.26. The Morgan fingerprint density at radius 3 is 2.56 bits per heavy atom. The molecule has 0 unspecified atom stereocenters. The van der Waals surface area contributed by atoms with Crippen molar-refractivity contribution in [1.29, 1.82) is 0 Å². The van der Waals surface area contributed by atoms with Gasteiger partial charge in [0.15, 0.2) is 0 Å². The molecule has 1 amide bonds. The van der Waals surface area contributed by atoms with Crippen LogP contribution in [0.1, 0.15) is 37.7 Å². The summed E-state index contributed by atoms with van der Waals surface area (Å²) in [4.78, 5) is 28.1. The lowest BCUT2D eigenvalue weighted by atomic mass is 10.1. The average Bonchev–Trinajstić information content (AvgIpc) is 3.07. The molecule has 1 aromatic carbocycles. The van der Waals surface area contributed by atoms with Crippen LogP contribution in [0.15, 0.2) is 36.7 Å². The number of aromatic nitrogens is 4. The van der Waals surface area contributed by atoms with E-state index in [1.807, 2.05) is 38.2 Å². The Hall–Kier alpha value is -2.96. The normalized spacial score (nSPS) is 12.1. The standard InChI is InChI=1S/C20H26N6O/c1-5-16(26-17-10-8-7-9-15(17)24-18(26)6-2)19(27)25(4)13-14-11-22-20(21-3)23-12-14/h7-12,16H,5-6,13H2,1-4H3,(H,21,22,23)/t16-/m0/s1. The second-order valence-electron chi connectivity index (χ2n) is 6.52. The topological polar surface area (TPSA) is 75.9 Å². The molecule has 2 aromatic heterocycles. The van der Waals surface area contributed by atoms with E-state index in [0.29, 0.717) is 18.9 Å². The first kappa shape index (κ1) is 18.8. The molecule has 27 heavy (non-hydrogen) atoms. The maximum absolute atomic E-state index is 13.2. The van der Waals surface area contributed by atoms with Crippen molar-refractivity contribution < 1.29 is 4.79 Å². The van der Waals surface area contributed by atoms with Gasteiger partial charge in [0.1, 0.15) is 11.9 Å². The smallest absolute Gasteiger partial charge is 0.245 e. The predicted octanol–water partition coefficient (Wildman–Crippen LogP) is 3.04. The minimum Gasteiger partial charge on any atom is -0.357 e. The number of anilines is 1. The number of likely N-dealkylation sites (N-methyl/N-ethyl adjacent to an activating group) is 1. The number of aryl methyl sites for hydroxylation is 1. The van der Waals surface area contributed by atoms with Gasteiger partial charge < -0.3 is 14.8 Å². The number of hydrogen-bond donors (Lipinski definition) is 1. The molecular formula is C20H26N6O. The van der Waals surface area contributed by atoms with Crippen LogP contribution in [-0.4, -0.2) is 44.4 Å². The minimum absolute atomic E-state index is 0.0630. The zero-order valence-corrected chi connectivity index (χ0v) is 16.3. The number of imidazole rings is 1. The van der Waals surface area contributed by atoms with Crippen LogP contribution < -0.4 is 5.32 Å². The minimum atomic E-state index is -0.283. The first-order chi connectivity index (χ1) is 13.1. The van der Waals surface area contributed by atoms with Crippen LogP contribution in [-0.2, 0) is 17.8 Å². The van der Waals surface area contributed by atoms with Crippen molar-refractivity contribution >= 4 is 22.9 Å². The van der Waals surface area contributed by atoms with E-state index in [1.54, 1.807) is 24.3 Å².